The van der Waals surface area contributed by atoms with E-state index in [0.717, 1.165) is 43.3 Å². The number of rotatable bonds is 15. The summed E-state index contributed by atoms with van der Waals surface area (Å²) in [4.78, 5) is 32.9. The lowest BCUT2D eigenvalue weighted by Crippen LogP contribution is -2.08. The van der Waals surface area contributed by atoms with E-state index in [1.165, 1.54) is 6.08 Å². The van der Waals surface area contributed by atoms with E-state index in [9.17, 15) is 14.4 Å². The minimum absolute atomic E-state index is 0.233. The summed E-state index contributed by atoms with van der Waals surface area (Å²) >= 11 is 0. The minimum Gasteiger partial charge on any atom is -0.494 e. The monoisotopic (exact) mass is 526 g/mol. The van der Waals surface area contributed by atoms with Gasteiger partial charge in [-0.3, -0.25) is 4.79 Å². The van der Waals surface area contributed by atoms with Crippen LogP contribution in [0.2, 0.25) is 0 Å². The zero-order valence-corrected chi connectivity index (χ0v) is 22.1. The topological polar surface area (TPSA) is 140 Å². The fourth-order valence-electron chi connectivity index (χ4n) is 2.90. The van der Waals surface area contributed by atoms with Gasteiger partial charge in [-0.1, -0.05) is 18.7 Å². The van der Waals surface area contributed by atoms with Crippen molar-refractivity contribution in [3.05, 3.63) is 71.8 Å². The number of benzene rings is 2. The second-order valence-electron chi connectivity index (χ2n) is 8.31. The maximum absolute atomic E-state index is 12.0. The Kier molecular flexibility index (Phi) is 16.0. The third-order valence-electron chi connectivity index (χ3n) is 4.78. The Morgan fingerprint density at radius 3 is 2.05 bits per heavy atom. The maximum Gasteiger partial charge on any atom is 0.338 e. The van der Waals surface area contributed by atoms with Gasteiger partial charge in [0.15, 0.2) is 0 Å². The van der Waals surface area contributed by atoms with Gasteiger partial charge < -0.3 is 30.4 Å². The van der Waals surface area contributed by atoms with Crippen molar-refractivity contribution < 1.29 is 33.3 Å². The van der Waals surface area contributed by atoms with Crippen LogP contribution in [0.3, 0.4) is 0 Å². The molecule has 0 bridgehead atoms. The number of carbonyl (C=O) groups is 3. The van der Waals surface area contributed by atoms with Crippen LogP contribution >= 0.6 is 0 Å². The molecule has 0 atom stereocenters. The van der Waals surface area contributed by atoms with Crippen LogP contribution in [0, 0.1) is 0 Å². The molecule has 4 N–H and O–H groups in total. The Morgan fingerprint density at radius 2 is 1.47 bits per heavy atom. The summed E-state index contributed by atoms with van der Waals surface area (Å²) < 4.78 is 20.8. The van der Waals surface area contributed by atoms with Crippen molar-refractivity contribution in [3.63, 3.8) is 0 Å². The molecule has 0 aliphatic heterocycles. The molecule has 0 aliphatic carbocycles. The van der Waals surface area contributed by atoms with Crippen LogP contribution in [0.25, 0.3) is 6.08 Å². The molecule has 0 radical (unpaired) electrons. The Labute approximate surface area is 224 Å². The number of methoxy groups -OCH3 is 1. The first-order chi connectivity index (χ1) is 18.2. The molecule has 38 heavy (non-hydrogen) atoms. The molecule has 9 nitrogen and oxygen atoms in total. The first kappa shape index (κ1) is 31.9. The Bertz CT molecular complexity index is 1030. The van der Waals surface area contributed by atoms with Crippen molar-refractivity contribution in [2.24, 2.45) is 0 Å². The van der Waals surface area contributed by atoms with E-state index in [0.29, 0.717) is 42.3 Å². The van der Waals surface area contributed by atoms with Gasteiger partial charge in [0.2, 0.25) is 0 Å². The molecule has 206 valence electrons. The van der Waals surface area contributed by atoms with Gasteiger partial charge in [0.25, 0.3) is 0 Å². The summed E-state index contributed by atoms with van der Waals surface area (Å²) in [6.07, 6.45) is 7.36. The molecule has 2 aromatic rings. The number of ether oxygens (including phenoxy) is 4. The predicted octanol–water partition coefficient (Wildman–Crippen LogP) is 4.61. The average molecular weight is 527 g/mol. The SMILES string of the molecule is C=C(C)C=O.COCCOC(=O)/C=C/c1ccc(OCCCCCCOC(=O)c2cc(N)cc(N)c2)cc1. The van der Waals surface area contributed by atoms with Gasteiger partial charge in [-0.2, -0.15) is 0 Å². The fraction of sp³-hybridized carbons (Fsp3) is 0.345. The molecule has 0 fully saturated rings. The molecule has 9 heteroatoms. The molecule has 0 aliphatic rings. The van der Waals surface area contributed by atoms with Gasteiger partial charge in [-0.15, -0.1) is 0 Å². The number of nitrogen functional groups attached to an aromatic ring is 2. The number of nitrogens with two attached hydrogens (primary N) is 2. The molecule has 2 aromatic carbocycles. The van der Waals surface area contributed by atoms with Crippen molar-refractivity contribution in [2.75, 3.05) is 45.0 Å². The first-order valence-electron chi connectivity index (χ1n) is 12.3. The van der Waals surface area contributed by atoms with Gasteiger partial charge in [0.1, 0.15) is 18.6 Å². The molecule has 2 rings (SSSR count). The van der Waals surface area contributed by atoms with Crippen molar-refractivity contribution in [3.8, 4) is 5.75 Å². The van der Waals surface area contributed by atoms with Crippen molar-refractivity contribution in [1.82, 2.24) is 0 Å². The van der Waals surface area contributed by atoms with Crippen LogP contribution in [-0.2, 0) is 23.8 Å². The normalized spacial score (nSPS) is 10.3. The van der Waals surface area contributed by atoms with Crippen molar-refractivity contribution in [2.45, 2.75) is 32.6 Å². The summed E-state index contributed by atoms with van der Waals surface area (Å²) in [6, 6.07) is 12.2. The van der Waals surface area contributed by atoms with Gasteiger partial charge in [0, 0.05) is 24.6 Å². The van der Waals surface area contributed by atoms with E-state index in [1.54, 1.807) is 38.3 Å². The number of esters is 2. The van der Waals surface area contributed by atoms with Crippen molar-refractivity contribution >= 4 is 35.7 Å². The largest absolute Gasteiger partial charge is 0.494 e. The summed E-state index contributed by atoms with van der Waals surface area (Å²) in [6.45, 7) is 6.52. The first-order valence-corrected chi connectivity index (χ1v) is 12.3. The quantitative estimate of drug-likeness (QED) is 0.112. The highest BCUT2D eigenvalue weighted by molar-refractivity contribution is 5.91. The number of allylic oxidation sites excluding steroid dienone is 1. The van der Waals surface area contributed by atoms with E-state index in [-0.39, 0.29) is 6.61 Å². The summed E-state index contributed by atoms with van der Waals surface area (Å²) in [7, 11) is 1.55. The second-order valence-corrected chi connectivity index (χ2v) is 8.31. The Balaban J connectivity index is 0.00000132. The van der Waals surface area contributed by atoms with E-state index in [2.05, 4.69) is 6.58 Å². The Hall–Kier alpha value is -4.11. The highest BCUT2D eigenvalue weighted by Gasteiger charge is 2.08. The lowest BCUT2D eigenvalue weighted by Gasteiger charge is -2.08. The summed E-state index contributed by atoms with van der Waals surface area (Å²) in [5.41, 5.74) is 14.1. The maximum atomic E-state index is 12.0. The zero-order valence-electron chi connectivity index (χ0n) is 22.1. The summed E-state index contributed by atoms with van der Waals surface area (Å²) in [5, 5.41) is 0. The van der Waals surface area contributed by atoms with Gasteiger partial charge in [-0.25, -0.2) is 9.59 Å². The molecular formula is C29H38N2O7. The fourth-order valence-corrected chi connectivity index (χ4v) is 2.90. The lowest BCUT2D eigenvalue weighted by molar-refractivity contribution is -0.138. The average Bonchev–Trinajstić information content (AvgIpc) is 2.89. The van der Waals surface area contributed by atoms with E-state index in [4.69, 9.17) is 30.4 Å². The molecule has 0 aromatic heterocycles. The molecule has 0 amide bonds. The number of hydrogen-bond acceptors (Lipinski definition) is 9. The van der Waals surface area contributed by atoms with Gasteiger partial charge in [0.05, 0.1) is 25.4 Å². The highest BCUT2D eigenvalue weighted by atomic mass is 16.6. The Morgan fingerprint density at radius 1 is 0.868 bits per heavy atom. The number of hydrogen-bond donors (Lipinski definition) is 2. The van der Waals surface area contributed by atoms with Crippen LogP contribution in [0.15, 0.2) is 60.7 Å². The molecule has 0 saturated heterocycles. The van der Waals surface area contributed by atoms with Crippen LogP contribution in [0.1, 0.15) is 48.5 Å². The number of aldehydes is 1. The van der Waals surface area contributed by atoms with E-state index < -0.39 is 11.9 Å². The van der Waals surface area contributed by atoms with Crippen LogP contribution in [0.5, 0.6) is 5.75 Å². The van der Waals surface area contributed by atoms with E-state index in [1.807, 2.05) is 24.3 Å². The highest BCUT2D eigenvalue weighted by Crippen LogP contribution is 2.16. The van der Waals surface area contributed by atoms with Crippen LogP contribution < -0.4 is 16.2 Å². The third kappa shape index (κ3) is 15.1. The van der Waals surface area contributed by atoms with Crippen molar-refractivity contribution in [1.29, 1.82) is 0 Å². The molecular weight excluding hydrogens is 488 g/mol. The van der Waals surface area contributed by atoms with Crippen LogP contribution in [0.4, 0.5) is 11.4 Å². The molecule has 0 unspecified atom stereocenters. The lowest BCUT2D eigenvalue weighted by atomic mass is 10.2. The standard InChI is InChI=1S/C25H32N2O6.C4H6O/c1-30-14-15-32-24(28)11-8-19-6-9-23(10-7-19)31-12-4-2-3-5-13-33-25(29)20-16-21(26)18-22(27)17-20;1-4(2)3-5/h6-11,16-18H,2-5,12-15,26-27H2,1H3;3H,1H2,2H3/b11-8+;. The van der Waals surface area contributed by atoms with Crippen LogP contribution in [-0.4, -0.2) is 51.8 Å². The van der Waals surface area contributed by atoms with Gasteiger partial charge >= 0.3 is 11.9 Å². The smallest absolute Gasteiger partial charge is 0.338 e. The number of unbranched alkanes of at least 4 members (excludes halogenated alkanes) is 3. The third-order valence-corrected chi connectivity index (χ3v) is 4.78. The minimum atomic E-state index is -0.418. The number of anilines is 2. The molecule has 0 saturated carbocycles. The van der Waals surface area contributed by atoms with Gasteiger partial charge in [-0.05, 0) is 80.2 Å². The molecule has 0 spiro atoms. The zero-order chi connectivity index (χ0) is 28.2. The number of carbonyl (C=O) groups excluding carboxylic acids is 3. The predicted molar refractivity (Wildman–Crippen MR) is 149 cm³/mol. The van der Waals surface area contributed by atoms with E-state index >= 15 is 0 Å². The molecule has 0 heterocycles. The summed E-state index contributed by atoms with van der Waals surface area (Å²) in [5.74, 6) is -0.0552. The second kappa shape index (κ2) is 19.1.